The summed E-state index contributed by atoms with van der Waals surface area (Å²) in [4.78, 5) is 3.17. The molecule has 0 fully saturated rings. The molecular formula is C15H10NS. The Morgan fingerprint density at radius 1 is 0.882 bits per heavy atom. The van der Waals surface area contributed by atoms with Gasteiger partial charge in [-0.15, -0.1) is 0 Å². The van der Waals surface area contributed by atoms with E-state index in [1.54, 1.807) is 0 Å². The fraction of sp³-hybridized carbons (Fsp3) is 0. The molecule has 0 saturated heterocycles. The Bertz CT molecular complexity index is 714. The molecule has 2 heteroatoms. The van der Waals surface area contributed by atoms with E-state index in [1.165, 1.54) is 0 Å². The van der Waals surface area contributed by atoms with E-state index in [-0.39, 0.29) is 0 Å². The second-order valence-electron chi connectivity index (χ2n) is 3.87. The Balaban J connectivity index is 2.33. The minimum atomic E-state index is 0.852. The summed E-state index contributed by atoms with van der Waals surface area (Å²) in [5.41, 5.74) is 3.08. The Morgan fingerprint density at radius 2 is 1.59 bits per heavy atom. The minimum Gasteiger partial charge on any atom is -0.353 e. The van der Waals surface area contributed by atoms with Gasteiger partial charge >= 0.3 is 0 Å². The molecule has 0 amide bonds. The second kappa shape index (κ2) is 4.15. The summed E-state index contributed by atoms with van der Waals surface area (Å²) in [6.45, 7) is 0. The highest BCUT2D eigenvalue weighted by Gasteiger charge is 2.03. The van der Waals surface area contributed by atoms with Crippen molar-refractivity contribution in [2.24, 2.45) is 0 Å². The summed E-state index contributed by atoms with van der Waals surface area (Å²) in [5, 5.41) is 1.07. The molecule has 0 bridgehead atoms. The van der Waals surface area contributed by atoms with Gasteiger partial charge in [-0.05, 0) is 11.6 Å². The molecule has 1 radical (unpaired) electrons. The van der Waals surface area contributed by atoms with Crippen molar-refractivity contribution in [1.82, 2.24) is 4.98 Å². The maximum Gasteiger partial charge on any atom is 0.0725 e. The van der Waals surface area contributed by atoms with Crippen LogP contribution in [0.4, 0.5) is 0 Å². The van der Waals surface area contributed by atoms with Crippen LogP contribution in [-0.2, 0) is 0 Å². The van der Waals surface area contributed by atoms with E-state index in [9.17, 15) is 0 Å². The number of fused-ring (bicyclic) bond motifs is 1. The Hall–Kier alpha value is -1.93. The highest BCUT2D eigenvalue weighted by molar-refractivity contribution is 7.71. The monoisotopic (exact) mass is 236 g/mol. The number of rotatable bonds is 1. The molecule has 0 saturated carbocycles. The van der Waals surface area contributed by atoms with Gasteiger partial charge < -0.3 is 4.98 Å². The molecule has 3 aromatic rings. The minimum absolute atomic E-state index is 0.852. The van der Waals surface area contributed by atoms with Crippen LogP contribution in [0.25, 0.3) is 22.0 Å². The fourth-order valence-electron chi connectivity index (χ4n) is 1.92. The van der Waals surface area contributed by atoms with Crippen molar-refractivity contribution in [3.05, 3.63) is 65.3 Å². The highest BCUT2D eigenvalue weighted by Crippen LogP contribution is 2.24. The van der Waals surface area contributed by atoms with E-state index >= 15 is 0 Å². The number of benzene rings is 2. The third-order valence-corrected chi connectivity index (χ3v) is 3.21. The predicted octanol–water partition coefficient (Wildman–Crippen LogP) is 4.36. The van der Waals surface area contributed by atoms with Crippen LogP contribution in [0.1, 0.15) is 0 Å². The van der Waals surface area contributed by atoms with Crippen LogP contribution in [0.15, 0.2) is 54.6 Å². The molecule has 0 unspecified atom stereocenters. The lowest BCUT2D eigenvalue weighted by Crippen LogP contribution is -1.85. The number of aromatic amines is 1. The first-order chi connectivity index (χ1) is 8.36. The van der Waals surface area contributed by atoms with E-state index in [2.05, 4.69) is 11.2 Å². The van der Waals surface area contributed by atoms with Crippen LogP contribution < -0.4 is 0 Å². The number of nitrogens with one attached hydrogen (secondary N) is 1. The average molecular weight is 236 g/mol. The van der Waals surface area contributed by atoms with Crippen LogP contribution in [-0.4, -0.2) is 4.98 Å². The predicted molar refractivity (Wildman–Crippen MR) is 73.4 cm³/mol. The number of H-pyrrole nitrogens is 1. The van der Waals surface area contributed by atoms with E-state index in [4.69, 9.17) is 12.2 Å². The Labute approximate surface area is 105 Å². The van der Waals surface area contributed by atoms with Gasteiger partial charge in [0.15, 0.2) is 0 Å². The lowest BCUT2D eigenvalue weighted by molar-refractivity contribution is 1.38. The van der Waals surface area contributed by atoms with Crippen molar-refractivity contribution in [2.45, 2.75) is 0 Å². The van der Waals surface area contributed by atoms with Crippen LogP contribution in [0, 0.1) is 10.7 Å². The van der Waals surface area contributed by atoms with Crippen LogP contribution in [0.3, 0.4) is 0 Å². The van der Waals surface area contributed by atoms with Gasteiger partial charge in [0, 0.05) is 16.5 Å². The molecule has 0 aliphatic rings. The van der Waals surface area contributed by atoms with Crippen molar-refractivity contribution in [3.8, 4) is 11.1 Å². The third kappa shape index (κ3) is 1.77. The SMILES string of the molecule is S=c1c(-c2ccccc2)[c][nH]c2ccccc12. The van der Waals surface area contributed by atoms with Gasteiger partial charge in [0.2, 0.25) is 0 Å². The first kappa shape index (κ1) is 10.2. The van der Waals surface area contributed by atoms with Gasteiger partial charge in [0.1, 0.15) is 0 Å². The van der Waals surface area contributed by atoms with Crippen LogP contribution >= 0.6 is 12.2 Å². The number of para-hydroxylation sites is 1. The quantitative estimate of drug-likeness (QED) is 0.620. The molecule has 2 aromatic carbocycles. The smallest absolute Gasteiger partial charge is 0.0725 e. The van der Waals surface area contributed by atoms with E-state index in [0.29, 0.717) is 0 Å². The molecule has 1 nitrogen and oxygen atoms in total. The first-order valence-corrected chi connectivity index (χ1v) is 5.85. The summed E-state index contributed by atoms with van der Waals surface area (Å²) >= 11 is 5.52. The molecule has 1 N–H and O–H groups in total. The molecule has 0 atom stereocenters. The van der Waals surface area contributed by atoms with Crippen molar-refractivity contribution in [1.29, 1.82) is 0 Å². The van der Waals surface area contributed by atoms with Crippen molar-refractivity contribution in [2.75, 3.05) is 0 Å². The molecule has 1 heterocycles. The molecule has 17 heavy (non-hydrogen) atoms. The molecule has 81 valence electrons. The van der Waals surface area contributed by atoms with Gasteiger partial charge in [0.05, 0.1) is 10.7 Å². The maximum absolute atomic E-state index is 5.52. The zero-order chi connectivity index (χ0) is 11.7. The molecule has 1 aromatic heterocycles. The molecule has 0 aliphatic carbocycles. The second-order valence-corrected chi connectivity index (χ2v) is 4.27. The standard InChI is InChI=1S/C15H10NS/c17-15-12-8-4-5-9-14(12)16-10-13(15)11-6-2-1-3-7-11/h1-9H,(H,16,17). The van der Waals surface area contributed by atoms with Gasteiger partial charge in [-0.1, -0.05) is 60.7 Å². The Kier molecular flexibility index (Phi) is 2.50. The zero-order valence-electron chi connectivity index (χ0n) is 9.10. The van der Waals surface area contributed by atoms with Gasteiger partial charge in [-0.2, -0.15) is 0 Å². The molecule has 3 rings (SSSR count). The highest BCUT2D eigenvalue weighted by atomic mass is 32.1. The van der Waals surface area contributed by atoms with E-state index in [0.717, 1.165) is 26.5 Å². The number of hydrogen-bond acceptors (Lipinski definition) is 1. The van der Waals surface area contributed by atoms with Crippen molar-refractivity contribution in [3.63, 3.8) is 0 Å². The topological polar surface area (TPSA) is 15.8 Å². The molecule has 0 aliphatic heterocycles. The largest absolute Gasteiger partial charge is 0.353 e. The summed E-state index contributed by atoms with van der Waals surface area (Å²) in [6, 6.07) is 18.1. The van der Waals surface area contributed by atoms with Gasteiger partial charge in [-0.25, -0.2) is 0 Å². The summed E-state index contributed by atoms with van der Waals surface area (Å²) in [6.07, 6.45) is 3.17. The van der Waals surface area contributed by atoms with Gasteiger partial charge in [0.25, 0.3) is 0 Å². The zero-order valence-corrected chi connectivity index (χ0v) is 9.92. The first-order valence-electron chi connectivity index (χ1n) is 5.44. The molecular weight excluding hydrogens is 226 g/mol. The Morgan fingerprint density at radius 3 is 2.41 bits per heavy atom. The van der Waals surface area contributed by atoms with Crippen LogP contribution in [0.5, 0.6) is 0 Å². The number of aromatic nitrogens is 1. The number of hydrogen-bond donors (Lipinski definition) is 1. The summed E-state index contributed by atoms with van der Waals surface area (Å²) < 4.78 is 0.852. The van der Waals surface area contributed by atoms with Crippen LogP contribution in [0.2, 0.25) is 0 Å². The third-order valence-electron chi connectivity index (χ3n) is 2.78. The normalized spacial score (nSPS) is 10.6. The lowest BCUT2D eigenvalue weighted by Gasteiger charge is -2.04. The van der Waals surface area contributed by atoms with Crippen molar-refractivity contribution < 1.29 is 0 Å². The average Bonchev–Trinajstić information content (AvgIpc) is 2.40. The van der Waals surface area contributed by atoms with Gasteiger partial charge in [-0.3, -0.25) is 0 Å². The summed E-state index contributed by atoms with van der Waals surface area (Å²) in [5.74, 6) is 0. The fourth-order valence-corrected chi connectivity index (χ4v) is 2.27. The lowest BCUT2D eigenvalue weighted by atomic mass is 10.1. The number of pyridine rings is 1. The van der Waals surface area contributed by atoms with E-state index < -0.39 is 0 Å². The van der Waals surface area contributed by atoms with E-state index in [1.807, 2.05) is 54.6 Å². The molecule has 0 spiro atoms. The maximum atomic E-state index is 5.52. The van der Waals surface area contributed by atoms with Crippen molar-refractivity contribution >= 4 is 23.1 Å². The summed E-state index contributed by atoms with van der Waals surface area (Å²) in [7, 11) is 0.